The van der Waals surface area contributed by atoms with Gasteiger partial charge in [-0.2, -0.15) is 0 Å². The number of fused-ring (bicyclic) bond motifs is 2. The number of amides is 1. The van der Waals surface area contributed by atoms with Gasteiger partial charge in [0.1, 0.15) is 17.5 Å². The molecule has 4 rings (SSSR count). The van der Waals surface area contributed by atoms with Crippen molar-refractivity contribution in [1.29, 1.82) is 0 Å². The van der Waals surface area contributed by atoms with E-state index >= 15 is 0 Å². The third kappa shape index (κ3) is 2.08. The predicted molar refractivity (Wildman–Crippen MR) is 79.0 cm³/mol. The van der Waals surface area contributed by atoms with Gasteiger partial charge in [0.25, 0.3) is 5.91 Å². The van der Waals surface area contributed by atoms with E-state index in [0.717, 1.165) is 25.7 Å². The fraction of sp³-hybridized carbons (Fsp3) is 0.750. The molecule has 1 N–H and O–H groups in total. The number of imidazole rings is 1. The van der Waals surface area contributed by atoms with Crippen LogP contribution in [0.5, 0.6) is 0 Å². The lowest BCUT2D eigenvalue weighted by Crippen LogP contribution is -2.55. The maximum Gasteiger partial charge on any atom is 0.252 e. The summed E-state index contributed by atoms with van der Waals surface area (Å²) in [5.41, 5.74) is -0.919. The number of aliphatic hydroxyl groups is 1. The van der Waals surface area contributed by atoms with Crippen LogP contribution in [-0.2, 0) is 22.2 Å². The maximum atomic E-state index is 12.7. The summed E-state index contributed by atoms with van der Waals surface area (Å²) in [4.78, 5) is 19.1. The summed E-state index contributed by atoms with van der Waals surface area (Å²) in [6, 6.07) is 0.217. The monoisotopic (exact) mass is 305 g/mol. The first-order chi connectivity index (χ1) is 10.6. The summed E-state index contributed by atoms with van der Waals surface area (Å²) in [6.45, 7) is 0.691. The molecule has 0 spiro atoms. The SMILES string of the molecule is Cn1ccnc1C1(O)C[C@H]2CC[C@H](C1)N2C(=O)[C@@H]1CCCO1. The highest BCUT2D eigenvalue weighted by molar-refractivity contribution is 5.82. The lowest BCUT2D eigenvalue weighted by Gasteiger charge is -2.44. The number of piperidine rings is 1. The van der Waals surface area contributed by atoms with E-state index in [1.807, 2.05) is 22.7 Å². The van der Waals surface area contributed by atoms with E-state index in [9.17, 15) is 9.90 Å². The Morgan fingerprint density at radius 2 is 2.09 bits per heavy atom. The molecule has 3 atom stereocenters. The standard InChI is InChI=1S/C16H23N3O3/c1-18-7-6-17-15(18)16(21)9-11-4-5-12(10-16)19(11)14(20)13-3-2-8-22-13/h6-7,11-13,21H,2-5,8-10H2,1H3/t11-,12-,13+/m1/s1. The Morgan fingerprint density at radius 1 is 1.36 bits per heavy atom. The summed E-state index contributed by atoms with van der Waals surface area (Å²) >= 11 is 0. The first-order valence-corrected chi connectivity index (χ1v) is 8.22. The number of rotatable bonds is 2. The summed E-state index contributed by atoms with van der Waals surface area (Å²) in [7, 11) is 1.91. The molecule has 0 saturated carbocycles. The molecule has 1 aromatic rings. The Morgan fingerprint density at radius 3 is 2.64 bits per heavy atom. The van der Waals surface area contributed by atoms with Crippen molar-refractivity contribution in [2.24, 2.45) is 7.05 Å². The highest BCUT2D eigenvalue weighted by atomic mass is 16.5. The highest BCUT2D eigenvalue weighted by Crippen LogP contribution is 2.45. The fourth-order valence-corrected chi connectivity index (χ4v) is 4.52. The Labute approximate surface area is 130 Å². The second-order valence-electron chi connectivity index (χ2n) is 6.93. The van der Waals surface area contributed by atoms with E-state index in [2.05, 4.69) is 4.98 Å². The normalized spacial score (nSPS) is 37.7. The number of aryl methyl sites for hydroxylation is 1. The van der Waals surface area contributed by atoms with Crippen LogP contribution in [0.25, 0.3) is 0 Å². The van der Waals surface area contributed by atoms with Gasteiger partial charge in [0.05, 0.1) is 0 Å². The smallest absolute Gasteiger partial charge is 0.252 e. The summed E-state index contributed by atoms with van der Waals surface area (Å²) in [5, 5.41) is 11.1. The quantitative estimate of drug-likeness (QED) is 0.883. The van der Waals surface area contributed by atoms with Crippen molar-refractivity contribution >= 4 is 5.91 Å². The molecule has 2 bridgehead atoms. The summed E-state index contributed by atoms with van der Waals surface area (Å²) < 4.78 is 7.45. The van der Waals surface area contributed by atoms with Crippen LogP contribution in [0.4, 0.5) is 0 Å². The molecule has 6 nitrogen and oxygen atoms in total. The Kier molecular flexibility index (Phi) is 3.27. The van der Waals surface area contributed by atoms with Gasteiger partial charge in [-0.25, -0.2) is 4.98 Å². The number of carbonyl (C=O) groups excluding carboxylic acids is 1. The summed E-state index contributed by atoms with van der Waals surface area (Å²) in [6.07, 6.45) is 8.21. The molecule has 3 aliphatic heterocycles. The predicted octanol–water partition coefficient (Wildman–Crippen LogP) is 0.940. The minimum atomic E-state index is -0.919. The molecule has 4 heterocycles. The minimum absolute atomic E-state index is 0.108. The molecule has 0 radical (unpaired) electrons. The largest absolute Gasteiger partial charge is 0.382 e. The third-order valence-corrected chi connectivity index (χ3v) is 5.46. The van der Waals surface area contributed by atoms with Gasteiger partial charge in [0.2, 0.25) is 0 Å². The molecule has 1 amide bonds. The van der Waals surface area contributed by atoms with Crippen molar-refractivity contribution in [3.8, 4) is 0 Å². The van der Waals surface area contributed by atoms with Gasteiger partial charge in [-0.1, -0.05) is 0 Å². The number of aromatic nitrogens is 2. The van der Waals surface area contributed by atoms with Gasteiger partial charge >= 0.3 is 0 Å². The number of hydrogen-bond acceptors (Lipinski definition) is 4. The van der Waals surface area contributed by atoms with Crippen LogP contribution in [0.15, 0.2) is 12.4 Å². The van der Waals surface area contributed by atoms with Crippen LogP contribution < -0.4 is 0 Å². The molecular formula is C16H23N3O3. The zero-order valence-electron chi connectivity index (χ0n) is 12.9. The number of hydrogen-bond donors (Lipinski definition) is 1. The molecule has 0 unspecified atom stereocenters. The molecule has 3 aliphatic rings. The number of ether oxygens (including phenoxy) is 1. The molecule has 22 heavy (non-hydrogen) atoms. The van der Waals surface area contributed by atoms with E-state index in [1.165, 1.54) is 0 Å². The van der Waals surface area contributed by atoms with Crippen LogP contribution >= 0.6 is 0 Å². The van der Waals surface area contributed by atoms with Gasteiger partial charge < -0.3 is 19.3 Å². The Hall–Kier alpha value is -1.40. The average Bonchev–Trinajstić information content (AvgIpc) is 3.19. The topological polar surface area (TPSA) is 67.6 Å². The van der Waals surface area contributed by atoms with Gasteiger partial charge in [-0.05, 0) is 25.7 Å². The van der Waals surface area contributed by atoms with Gasteiger partial charge in [-0.3, -0.25) is 4.79 Å². The highest BCUT2D eigenvalue weighted by Gasteiger charge is 2.52. The van der Waals surface area contributed by atoms with Crippen molar-refractivity contribution in [3.63, 3.8) is 0 Å². The molecular weight excluding hydrogens is 282 g/mol. The van der Waals surface area contributed by atoms with Gasteiger partial charge in [0.15, 0.2) is 0 Å². The van der Waals surface area contributed by atoms with E-state index in [1.54, 1.807) is 6.20 Å². The van der Waals surface area contributed by atoms with Crippen molar-refractivity contribution in [1.82, 2.24) is 14.5 Å². The van der Waals surface area contributed by atoms with Crippen molar-refractivity contribution in [2.75, 3.05) is 6.61 Å². The lowest BCUT2D eigenvalue weighted by molar-refractivity contribution is -0.152. The van der Waals surface area contributed by atoms with Crippen molar-refractivity contribution in [2.45, 2.75) is 62.3 Å². The van der Waals surface area contributed by atoms with Crippen LogP contribution in [0.1, 0.15) is 44.3 Å². The molecule has 6 heteroatoms. The zero-order chi connectivity index (χ0) is 15.3. The van der Waals surface area contributed by atoms with Gasteiger partial charge in [0, 0.05) is 51.0 Å². The molecule has 0 aromatic carbocycles. The fourth-order valence-electron chi connectivity index (χ4n) is 4.52. The van der Waals surface area contributed by atoms with Crippen molar-refractivity contribution < 1.29 is 14.6 Å². The van der Waals surface area contributed by atoms with E-state index in [0.29, 0.717) is 25.3 Å². The van der Waals surface area contributed by atoms with Crippen LogP contribution in [-0.4, -0.2) is 50.3 Å². The average molecular weight is 305 g/mol. The number of carbonyl (C=O) groups is 1. The van der Waals surface area contributed by atoms with Gasteiger partial charge in [-0.15, -0.1) is 0 Å². The maximum absolute atomic E-state index is 12.7. The molecule has 0 aliphatic carbocycles. The summed E-state index contributed by atoms with van der Waals surface area (Å²) in [5.74, 6) is 0.848. The molecule has 3 fully saturated rings. The number of nitrogens with zero attached hydrogens (tertiary/aromatic N) is 3. The van der Waals surface area contributed by atoms with E-state index in [-0.39, 0.29) is 24.1 Å². The van der Waals surface area contributed by atoms with Crippen LogP contribution in [0.2, 0.25) is 0 Å². The lowest BCUT2D eigenvalue weighted by atomic mass is 9.85. The molecule has 1 aromatic heterocycles. The van der Waals surface area contributed by atoms with E-state index in [4.69, 9.17) is 4.74 Å². The first kappa shape index (κ1) is 14.2. The van der Waals surface area contributed by atoms with Crippen LogP contribution in [0, 0.1) is 0 Å². The first-order valence-electron chi connectivity index (χ1n) is 8.22. The Bertz CT molecular complexity index is 565. The van der Waals surface area contributed by atoms with Crippen LogP contribution in [0.3, 0.4) is 0 Å². The second kappa shape index (κ2) is 5.06. The second-order valence-corrected chi connectivity index (χ2v) is 6.93. The zero-order valence-corrected chi connectivity index (χ0v) is 12.9. The third-order valence-electron chi connectivity index (χ3n) is 5.46. The Balaban J connectivity index is 1.57. The molecule has 3 saturated heterocycles. The van der Waals surface area contributed by atoms with E-state index < -0.39 is 5.60 Å². The molecule has 120 valence electrons. The minimum Gasteiger partial charge on any atom is -0.382 e. The van der Waals surface area contributed by atoms with Crippen molar-refractivity contribution in [3.05, 3.63) is 18.2 Å².